The van der Waals surface area contributed by atoms with Crippen molar-refractivity contribution in [2.24, 2.45) is 5.92 Å². The summed E-state index contributed by atoms with van der Waals surface area (Å²) in [4.78, 5) is 0. The molecule has 0 bridgehead atoms. The number of halogens is 1. The highest BCUT2D eigenvalue weighted by Gasteiger charge is 2.05. The van der Waals surface area contributed by atoms with Gasteiger partial charge in [0, 0.05) is 5.33 Å². The van der Waals surface area contributed by atoms with Crippen LogP contribution in [0.25, 0.3) is 0 Å². The van der Waals surface area contributed by atoms with Gasteiger partial charge >= 0.3 is 0 Å². The van der Waals surface area contributed by atoms with Crippen molar-refractivity contribution in [1.29, 1.82) is 5.26 Å². The molecule has 3 heteroatoms. The Morgan fingerprint density at radius 3 is 2.46 bits per heavy atom. The number of phenols is 1. The number of alkyl halides is 1. The van der Waals surface area contributed by atoms with Gasteiger partial charge in [-0.25, -0.2) is 0 Å². The normalized spacial score (nSPS) is 12.0. The van der Waals surface area contributed by atoms with Crippen LogP contribution < -0.4 is 0 Å². The van der Waals surface area contributed by atoms with Crippen LogP contribution in [0.3, 0.4) is 0 Å². The van der Waals surface area contributed by atoms with Crippen LogP contribution in [0.5, 0.6) is 5.75 Å². The van der Waals surface area contributed by atoms with Crippen molar-refractivity contribution in [2.75, 3.05) is 5.33 Å². The molecule has 1 rings (SSSR count). The van der Waals surface area contributed by atoms with Crippen LogP contribution in [-0.2, 0) is 6.42 Å². The van der Waals surface area contributed by atoms with Crippen LogP contribution in [0.2, 0.25) is 0 Å². The molecular formula is C10H10BrNO. The number of nitrogens with zero attached hydrogens (tertiary/aromatic N) is 1. The van der Waals surface area contributed by atoms with Crippen LogP contribution in [0.1, 0.15) is 5.56 Å². The monoisotopic (exact) mass is 239 g/mol. The molecule has 13 heavy (non-hydrogen) atoms. The van der Waals surface area contributed by atoms with Gasteiger partial charge in [0.1, 0.15) is 5.75 Å². The van der Waals surface area contributed by atoms with Crippen LogP contribution in [0.15, 0.2) is 24.3 Å². The first-order valence-corrected chi connectivity index (χ1v) is 5.12. The molecule has 0 radical (unpaired) electrons. The van der Waals surface area contributed by atoms with Gasteiger partial charge in [0.15, 0.2) is 0 Å². The van der Waals surface area contributed by atoms with Gasteiger partial charge in [-0.15, -0.1) is 0 Å². The molecule has 0 spiro atoms. The molecule has 2 nitrogen and oxygen atoms in total. The highest BCUT2D eigenvalue weighted by Crippen LogP contribution is 2.14. The second-order valence-corrected chi connectivity index (χ2v) is 3.50. The molecule has 0 saturated carbocycles. The Balaban J connectivity index is 2.64. The number of hydrogen-bond donors (Lipinski definition) is 1. The van der Waals surface area contributed by atoms with E-state index in [2.05, 4.69) is 22.0 Å². The van der Waals surface area contributed by atoms with E-state index in [0.717, 1.165) is 12.0 Å². The number of nitriles is 1. The van der Waals surface area contributed by atoms with Crippen molar-refractivity contribution in [1.82, 2.24) is 0 Å². The summed E-state index contributed by atoms with van der Waals surface area (Å²) in [6.07, 6.45) is 0.724. The first kappa shape index (κ1) is 10.1. The quantitative estimate of drug-likeness (QED) is 0.824. The minimum Gasteiger partial charge on any atom is -0.508 e. The second kappa shape index (κ2) is 4.88. The SMILES string of the molecule is N#CC(CBr)Cc1ccc(O)cc1. The summed E-state index contributed by atoms with van der Waals surface area (Å²) in [6, 6.07) is 9.15. The van der Waals surface area contributed by atoms with E-state index in [1.807, 2.05) is 12.1 Å². The van der Waals surface area contributed by atoms with Crippen molar-refractivity contribution in [3.8, 4) is 11.8 Å². The molecule has 0 aliphatic rings. The Kier molecular flexibility index (Phi) is 3.78. The van der Waals surface area contributed by atoms with E-state index in [1.165, 1.54) is 0 Å². The molecule has 0 aliphatic heterocycles. The molecule has 1 atom stereocenters. The average Bonchev–Trinajstić information content (AvgIpc) is 2.17. The topological polar surface area (TPSA) is 44.0 Å². The standard InChI is InChI=1S/C10H10BrNO/c11-6-9(7-12)5-8-1-3-10(13)4-2-8/h1-4,9,13H,5-6H2. The van der Waals surface area contributed by atoms with Crippen LogP contribution in [0.4, 0.5) is 0 Å². The molecule has 1 N–H and O–H groups in total. The predicted octanol–water partition coefficient (Wildman–Crippen LogP) is 2.47. The molecule has 0 saturated heterocycles. The summed E-state index contributed by atoms with van der Waals surface area (Å²) in [6.45, 7) is 0. The maximum absolute atomic E-state index is 9.03. The Morgan fingerprint density at radius 2 is 2.00 bits per heavy atom. The summed E-state index contributed by atoms with van der Waals surface area (Å²) in [5.74, 6) is 0.264. The lowest BCUT2D eigenvalue weighted by Gasteiger charge is -2.04. The molecule has 0 aliphatic carbocycles. The van der Waals surface area contributed by atoms with E-state index in [9.17, 15) is 0 Å². The molecule has 0 amide bonds. The van der Waals surface area contributed by atoms with Gasteiger partial charge in [-0.1, -0.05) is 28.1 Å². The van der Waals surface area contributed by atoms with Gasteiger partial charge < -0.3 is 5.11 Å². The minimum absolute atomic E-state index is 0.00421. The van der Waals surface area contributed by atoms with Crippen molar-refractivity contribution < 1.29 is 5.11 Å². The van der Waals surface area contributed by atoms with Gasteiger partial charge in [-0.2, -0.15) is 5.26 Å². The number of benzene rings is 1. The third kappa shape index (κ3) is 3.08. The Bertz CT molecular complexity index is 302. The van der Waals surface area contributed by atoms with Crippen molar-refractivity contribution in [3.63, 3.8) is 0 Å². The largest absolute Gasteiger partial charge is 0.508 e. The van der Waals surface area contributed by atoms with Crippen LogP contribution >= 0.6 is 15.9 Å². The predicted molar refractivity (Wildman–Crippen MR) is 54.7 cm³/mol. The third-order valence-electron chi connectivity index (χ3n) is 1.79. The first-order valence-electron chi connectivity index (χ1n) is 3.99. The van der Waals surface area contributed by atoms with Crippen LogP contribution in [-0.4, -0.2) is 10.4 Å². The molecule has 0 heterocycles. The van der Waals surface area contributed by atoms with E-state index in [0.29, 0.717) is 5.33 Å². The molecular weight excluding hydrogens is 230 g/mol. The lowest BCUT2D eigenvalue weighted by Crippen LogP contribution is -2.02. The zero-order valence-electron chi connectivity index (χ0n) is 7.07. The first-order chi connectivity index (χ1) is 6.26. The number of phenolic OH excluding ortho intramolecular Hbond substituents is 1. The average molecular weight is 240 g/mol. The highest BCUT2D eigenvalue weighted by atomic mass is 79.9. The second-order valence-electron chi connectivity index (χ2n) is 2.85. The summed E-state index contributed by atoms with van der Waals surface area (Å²) < 4.78 is 0. The lowest BCUT2D eigenvalue weighted by atomic mass is 10.0. The van der Waals surface area contributed by atoms with Crippen molar-refractivity contribution >= 4 is 15.9 Å². The highest BCUT2D eigenvalue weighted by molar-refractivity contribution is 9.09. The molecule has 0 fully saturated rings. The summed E-state index contributed by atoms with van der Waals surface area (Å²) >= 11 is 3.28. The number of hydrogen-bond acceptors (Lipinski definition) is 2. The maximum Gasteiger partial charge on any atom is 0.115 e. The smallest absolute Gasteiger partial charge is 0.115 e. The van der Waals surface area contributed by atoms with Gasteiger partial charge in [-0.3, -0.25) is 0 Å². The van der Waals surface area contributed by atoms with Crippen molar-refractivity contribution in [2.45, 2.75) is 6.42 Å². The fraction of sp³-hybridized carbons (Fsp3) is 0.300. The molecule has 0 aromatic heterocycles. The Labute approximate surface area is 85.9 Å². The maximum atomic E-state index is 9.03. The lowest BCUT2D eigenvalue weighted by molar-refractivity contribution is 0.475. The van der Waals surface area contributed by atoms with E-state index in [1.54, 1.807) is 12.1 Å². The number of aromatic hydroxyl groups is 1. The molecule has 1 aromatic rings. The zero-order valence-corrected chi connectivity index (χ0v) is 8.66. The van der Waals surface area contributed by atoms with E-state index in [4.69, 9.17) is 10.4 Å². The Morgan fingerprint density at radius 1 is 1.38 bits per heavy atom. The summed E-state index contributed by atoms with van der Waals surface area (Å²) in [5.41, 5.74) is 1.07. The van der Waals surface area contributed by atoms with Gasteiger partial charge in [0.25, 0.3) is 0 Å². The van der Waals surface area contributed by atoms with Crippen LogP contribution in [0, 0.1) is 17.2 Å². The van der Waals surface area contributed by atoms with Gasteiger partial charge in [0.05, 0.1) is 12.0 Å². The fourth-order valence-corrected chi connectivity index (χ4v) is 1.42. The van der Waals surface area contributed by atoms with Gasteiger partial charge in [-0.05, 0) is 24.1 Å². The fourth-order valence-electron chi connectivity index (χ4n) is 1.05. The number of rotatable bonds is 3. The van der Waals surface area contributed by atoms with Gasteiger partial charge in [0.2, 0.25) is 0 Å². The molecule has 68 valence electrons. The third-order valence-corrected chi connectivity index (χ3v) is 2.57. The van der Waals surface area contributed by atoms with E-state index in [-0.39, 0.29) is 11.7 Å². The minimum atomic E-state index is 0.00421. The zero-order chi connectivity index (χ0) is 9.68. The molecule has 1 unspecified atom stereocenters. The van der Waals surface area contributed by atoms with E-state index < -0.39 is 0 Å². The Hall–Kier alpha value is -1.01. The summed E-state index contributed by atoms with van der Waals surface area (Å²) in [7, 11) is 0. The molecule has 1 aromatic carbocycles. The van der Waals surface area contributed by atoms with Crippen molar-refractivity contribution in [3.05, 3.63) is 29.8 Å². The van der Waals surface area contributed by atoms with E-state index >= 15 is 0 Å². The summed E-state index contributed by atoms with van der Waals surface area (Å²) in [5, 5.41) is 18.4.